The van der Waals surface area contributed by atoms with E-state index in [4.69, 9.17) is 0 Å². The Bertz CT molecular complexity index is 686. The monoisotopic (exact) mass is 325 g/mol. The Labute approximate surface area is 142 Å². The molecule has 0 radical (unpaired) electrons. The van der Waals surface area contributed by atoms with Gasteiger partial charge < -0.3 is 15.5 Å². The molecule has 0 bridgehead atoms. The zero-order valence-corrected chi connectivity index (χ0v) is 14.1. The lowest BCUT2D eigenvalue weighted by Crippen LogP contribution is -2.32. The van der Waals surface area contributed by atoms with E-state index in [-0.39, 0.29) is 18.4 Å². The molecule has 0 saturated carbocycles. The summed E-state index contributed by atoms with van der Waals surface area (Å²) in [6, 6.07) is 16.9. The van der Waals surface area contributed by atoms with E-state index in [0.717, 1.165) is 23.5 Å². The maximum atomic E-state index is 12.3. The van der Waals surface area contributed by atoms with Crippen LogP contribution < -0.4 is 15.5 Å². The molecule has 2 N–H and O–H groups in total. The number of benzene rings is 2. The standard InChI is InChI=1S/C19H23N3O2/c1-3-8-18(23)21-16-10-7-9-15(13-16)20-14-19(24)22(2)17-11-5-4-6-12-17/h4-7,9-13,20H,3,8,14H2,1-2H3,(H,21,23). The second-order valence-electron chi connectivity index (χ2n) is 5.52. The second kappa shape index (κ2) is 8.72. The first-order valence-corrected chi connectivity index (χ1v) is 8.05. The van der Waals surface area contributed by atoms with Crippen LogP contribution in [0.15, 0.2) is 54.6 Å². The van der Waals surface area contributed by atoms with Gasteiger partial charge in [-0.3, -0.25) is 9.59 Å². The van der Waals surface area contributed by atoms with Crippen LogP contribution in [0.2, 0.25) is 0 Å². The van der Waals surface area contributed by atoms with E-state index in [2.05, 4.69) is 10.6 Å². The van der Waals surface area contributed by atoms with Crippen molar-refractivity contribution in [3.63, 3.8) is 0 Å². The van der Waals surface area contributed by atoms with Gasteiger partial charge in [-0.05, 0) is 36.8 Å². The zero-order valence-electron chi connectivity index (χ0n) is 14.1. The average molecular weight is 325 g/mol. The summed E-state index contributed by atoms with van der Waals surface area (Å²) in [5.41, 5.74) is 2.37. The summed E-state index contributed by atoms with van der Waals surface area (Å²) in [6.07, 6.45) is 1.31. The maximum Gasteiger partial charge on any atom is 0.246 e. The highest BCUT2D eigenvalue weighted by Gasteiger charge is 2.10. The van der Waals surface area contributed by atoms with E-state index in [1.165, 1.54) is 0 Å². The largest absolute Gasteiger partial charge is 0.376 e. The summed E-state index contributed by atoms with van der Waals surface area (Å²) in [5, 5.41) is 5.94. The molecular weight excluding hydrogens is 302 g/mol. The summed E-state index contributed by atoms with van der Waals surface area (Å²) in [6.45, 7) is 2.14. The van der Waals surface area contributed by atoms with Crippen LogP contribution in [0, 0.1) is 0 Å². The van der Waals surface area contributed by atoms with Gasteiger partial charge in [-0.1, -0.05) is 31.2 Å². The van der Waals surface area contributed by atoms with E-state index in [1.807, 2.05) is 61.5 Å². The average Bonchev–Trinajstić information content (AvgIpc) is 2.60. The normalized spacial score (nSPS) is 10.1. The Kier molecular flexibility index (Phi) is 6.37. The molecular formula is C19H23N3O2. The van der Waals surface area contributed by atoms with Gasteiger partial charge in [0.25, 0.3) is 0 Å². The summed E-state index contributed by atoms with van der Waals surface area (Å²) in [4.78, 5) is 25.5. The van der Waals surface area contributed by atoms with Crippen molar-refractivity contribution in [2.45, 2.75) is 19.8 Å². The number of nitrogens with one attached hydrogen (secondary N) is 2. The van der Waals surface area contributed by atoms with E-state index >= 15 is 0 Å². The van der Waals surface area contributed by atoms with Crippen LogP contribution in [0.5, 0.6) is 0 Å². The fourth-order valence-corrected chi connectivity index (χ4v) is 2.25. The molecule has 5 heteroatoms. The predicted molar refractivity (Wildman–Crippen MR) is 98.3 cm³/mol. The molecule has 2 aromatic rings. The summed E-state index contributed by atoms with van der Waals surface area (Å²) in [5.74, 6) is -0.0452. The molecule has 0 saturated heterocycles. The molecule has 2 aromatic carbocycles. The van der Waals surface area contributed by atoms with Gasteiger partial charge in [0.05, 0.1) is 6.54 Å². The fraction of sp³-hybridized carbons (Fsp3) is 0.263. The van der Waals surface area contributed by atoms with Crippen LogP contribution in [-0.4, -0.2) is 25.4 Å². The summed E-state index contributed by atoms with van der Waals surface area (Å²) < 4.78 is 0. The fourth-order valence-electron chi connectivity index (χ4n) is 2.25. The number of hydrogen-bond acceptors (Lipinski definition) is 3. The van der Waals surface area contributed by atoms with Crippen LogP contribution in [0.3, 0.4) is 0 Å². The van der Waals surface area contributed by atoms with Crippen LogP contribution in [0.1, 0.15) is 19.8 Å². The first-order chi connectivity index (χ1) is 11.6. The minimum atomic E-state index is -0.0402. The molecule has 0 unspecified atom stereocenters. The van der Waals surface area contributed by atoms with E-state index < -0.39 is 0 Å². The van der Waals surface area contributed by atoms with Gasteiger partial charge in [-0.25, -0.2) is 0 Å². The van der Waals surface area contributed by atoms with Gasteiger partial charge >= 0.3 is 0 Å². The number of amides is 2. The Morgan fingerprint density at radius 3 is 2.42 bits per heavy atom. The first-order valence-electron chi connectivity index (χ1n) is 8.05. The van der Waals surface area contributed by atoms with Crippen molar-refractivity contribution in [2.75, 3.05) is 29.1 Å². The molecule has 0 aromatic heterocycles. The third-order valence-electron chi connectivity index (χ3n) is 3.58. The van der Waals surface area contributed by atoms with Crippen LogP contribution in [0.25, 0.3) is 0 Å². The Morgan fingerprint density at radius 2 is 1.71 bits per heavy atom. The quantitative estimate of drug-likeness (QED) is 0.819. The zero-order chi connectivity index (χ0) is 17.4. The number of likely N-dealkylation sites (N-methyl/N-ethyl adjacent to an activating group) is 1. The van der Waals surface area contributed by atoms with Crippen molar-refractivity contribution in [1.29, 1.82) is 0 Å². The smallest absolute Gasteiger partial charge is 0.246 e. The number of para-hydroxylation sites is 1. The molecule has 0 aliphatic heterocycles. The highest BCUT2D eigenvalue weighted by molar-refractivity contribution is 5.96. The molecule has 0 heterocycles. The lowest BCUT2D eigenvalue weighted by atomic mass is 10.2. The van der Waals surface area contributed by atoms with Gasteiger partial charge in [-0.15, -0.1) is 0 Å². The van der Waals surface area contributed by atoms with Gasteiger partial charge in [0, 0.05) is 30.5 Å². The van der Waals surface area contributed by atoms with E-state index in [1.54, 1.807) is 11.9 Å². The minimum absolute atomic E-state index is 0.00506. The molecule has 0 atom stereocenters. The van der Waals surface area contributed by atoms with Crippen molar-refractivity contribution in [1.82, 2.24) is 0 Å². The van der Waals surface area contributed by atoms with Gasteiger partial charge in [0.15, 0.2) is 0 Å². The number of anilines is 3. The highest BCUT2D eigenvalue weighted by Crippen LogP contribution is 2.16. The Balaban J connectivity index is 1.92. The number of nitrogens with zero attached hydrogens (tertiary/aromatic N) is 1. The number of carbonyl (C=O) groups is 2. The molecule has 24 heavy (non-hydrogen) atoms. The molecule has 0 aliphatic rings. The molecule has 5 nitrogen and oxygen atoms in total. The van der Waals surface area contributed by atoms with Gasteiger partial charge in [0.1, 0.15) is 0 Å². The van der Waals surface area contributed by atoms with Gasteiger partial charge in [0.2, 0.25) is 11.8 Å². The van der Waals surface area contributed by atoms with Crippen molar-refractivity contribution in [3.8, 4) is 0 Å². The van der Waals surface area contributed by atoms with Crippen molar-refractivity contribution >= 4 is 28.9 Å². The van der Waals surface area contributed by atoms with Crippen molar-refractivity contribution < 1.29 is 9.59 Å². The molecule has 0 spiro atoms. The van der Waals surface area contributed by atoms with E-state index in [9.17, 15) is 9.59 Å². The number of carbonyl (C=O) groups excluding carboxylic acids is 2. The molecule has 0 fully saturated rings. The van der Waals surface area contributed by atoms with Gasteiger partial charge in [-0.2, -0.15) is 0 Å². The Morgan fingerprint density at radius 1 is 1.00 bits per heavy atom. The summed E-state index contributed by atoms with van der Waals surface area (Å²) in [7, 11) is 1.75. The molecule has 2 amide bonds. The third-order valence-corrected chi connectivity index (χ3v) is 3.58. The van der Waals surface area contributed by atoms with E-state index in [0.29, 0.717) is 6.42 Å². The topological polar surface area (TPSA) is 61.4 Å². The number of rotatable bonds is 7. The lowest BCUT2D eigenvalue weighted by Gasteiger charge is -2.18. The predicted octanol–water partition coefficient (Wildman–Crippen LogP) is 3.50. The second-order valence-corrected chi connectivity index (χ2v) is 5.52. The van der Waals surface area contributed by atoms with Crippen molar-refractivity contribution in [3.05, 3.63) is 54.6 Å². The maximum absolute atomic E-state index is 12.3. The summed E-state index contributed by atoms with van der Waals surface area (Å²) >= 11 is 0. The molecule has 126 valence electrons. The third kappa shape index (κ3) is 5.12. The highest BCUT2D eigenvalue weighted by atomic mass is 16.2. The molecule has 0 aliphatic carbocycles. The van der Waals surface area contributed by atoms with Crippen LogP contribution in [0.4, 0.5) is 17.1 Å². The number of hydrogen-bond donors (Lipinski definition) is 2. The SMILES string of the molecule is CCCC(=O)Nc1cccc(NCC(=O)N(C)c2ccccc2)c1. The van der Waals surface area contributed by atoms with Crippen LogP contribution in [-0.2, 0) is 9.59 Å². The van der Waals surface area contributed by atoms with Crippen LogP contribution >= 0.6 is 0 Å². The molecule has 2 rings (SSSR count). The lowest BCUT2D eigenvalue weighted by molar-refractivity contribution is -0.117. The van der Waals surface area contributed by atoms with Crippen molar-refractivity contribution in [2.24, 2.45) is 0 Å². The minimum Gasteiger partial charge on any atom is -0.376 e. The first kappa shape index (κ1) is 17.5. The Hall–Kier alpha value is -2.82.